The first-order chi connectivity index (χ1) is 7.13. The van der Waals surface area contributed by atoms with Crippen LogP contribution in [0.15, 0.2) is 18.2 Å². The Morgan fingerprint density at radius 2 is 2.33 bits per heavy atom. The van der Waals surface area contributed by atoms with Gasteiger partial charge in [-0.05, 0) is 37.1 Å². The molecule has 2 N–H and O–H groups in total. The fraction of sp³-hybridized carbons (Fsp3) is 0.417. The number of fused-ring (bicyclic) bond motifs is 1. The zero-order chi connectivity index (χ0) is 11.0. The van der Waals surface area contributed by atoms with Crippen LogP contribution in [-0.4, -0.2) is 11.9 Å². The van der Waals surface area contributed by atoms with Crippen LogP contribution in [0.2, 0.25) is 0 Å². The van der Waals surface area contributed by atoms with Crippen LogP contribution in [0.1, 0.15) is 25.8 Å². The molecule has 1 atom stereocenters. The van der Waals surface area contributed by atoms with Crippen molar-refractivity contribution in [3.63, 3.8) is 0 Å². The Balaban J connectivity index is 2.41. The van der Waals surface area contributed by atoms with Gasteiger partial charge in [0.25, 0.3) is 0 Å². The maximum Gasteiger partial charge on any atom is 0.226 e. The number of carbonyl (C=O) groups is 1. The van der Waals surface area contributed by atoms with E-state index in [1.54, 1.807) is 0 Å². The number of rotatable bonds is 1. The third kappa shape index (κ3) is 1.58. The second-order valence-corrected chi connectivity index (χ2v) is 4.06. The molecule has 80 valence electrons. The molecule has 1 aliphatic rings. The van der Waals surface area contributed by atoms with Crippen LogP contribution in [-0.2, 0) is 11.2 Å². The molecule has 0 aromatic heterocycles. The predicted octanol–water partition coefficient (Wildman–Crippen LogP) is 1.96. The summed E-state index contributed by atoms with van der Waals surface area (Å²) in [7, 11) is 0. The van der Waals surface area contributed by atoms with E-state index in [4.69, 9.17) is 5.73 Å². The summed E-state index contributed by atoms with van der Waals surface area (Å²) in [6.45, 7) is 3.97. The Hall–Kier alpha value is -1.51. The molecule has 0 aliphatic carbocycles. The molecule has 15 heavy (non-hydrogen) atoms. The standard InChI is InChI=1S/C12H16N2O/c1-3-12(15)14-8(2)6-9-7-10(13)4-5-11(9)14/h4-5,7-8H,3,6,13H2,1-2H3. The number of anilines is 2. The zero-order valence-corrected chi connectivity index (χ0v) is 9.16. The highest BCUT2D eigenvalue weighted by Gasteiger charge is 2.29. The molecule has 0 radical (unpaired) electrons. The van der Waals surface area contributed by atoms with Crippen molar-refractivity contribution in [2.45, 2.75) is 32.7 Å². The monoisotopic (exact) mass is 204 g/mol. The molecular formula is C12H16N2O. The lowest BCUT2D eigenvalue weighted by Crippen LogP contribution is -2.35. The third-order valence-electron chi connectivity index (χ3n) is 2.89. The Labute approximate surface area is 89.9 Å². The molecule has 3 heteroatoms. The smallest absolute Gasteiger partial charge is 0.226 e. The van der Waals surface area contributed by atoms with Crippen molar-refractivity contribution in [2.75, 3.05) is 10.6 Å². The van der Waals surface area contributed by atoms with Crippen molar-refractivity contribution in [3.8, 4) is 0 Å². The van der Waals surface area contributed by atoms with Gasteiger partial charge in [-0.15, -0.1) is 0 Å². The van der Waals surface area contributed by atoms with Crippen LogP contribution in [0, 0.1) is 0 Å². The summed E-state index contributed by atoms with van der Waals surface area (Å²) in [5.74, 6) is 0.186. The van der Waals surface area contributed by atoms with Crippen LogP contribution in [0.4, 0.5) is 11.4 Å². The van der Waals surface area contributed by atoms with Crippen molar-refractivity contribution in [2.24, 2.45) is 0 Å². The van der Waals surface area contributed by atoms with Gasteiger partial charge in [0.05, 0.1) is 0 Å². The summed E-state index contributed by atoms with van der Waals surface area (Å²) in [4.78, 5) is 13.7. The Bertz CT molecular complexity index is 401. The van der Waals surface area contributed by atoms with Gasteiger partial charge in [-0.1, -0.05) is 6.92 Å². The lowest BCUT2D eigenvalue weighted by atomic mass is 10.1. The highest BCUT2D eigenvalue weighted by molar-refractivity contribution is 5.96. The summed E-state index contributed by atoms with van der Waals surface area (Å²) in [6, 6.07) is 6.03. The van der Waals surface area contributed by atoms with Crippen LogP contribution >= 0.6 is 0 Å². The first kappa shape index (κ1) is 10.0. The summed E-state index contributed by atoms with van der Waals surface area (Å²) >= 11 is 0. The van der Waals surface area contributed by atoms with Crippen LogP contribution in [0.25, 0.3) is 0 Å². The zero-order valence-electron chi connectivity index (χ0n) is 9.16. The van der Waals surface area contributed by atoms with E-state index < -0.39 is 0 Å². The fourth-order valence-corrected chi connectivity index (χ4v) is 2.20. The number of nitrogens with zero attached hydrogens (tertiary/aromatic N) is 1. The van der Waals surface area contributed by atoms with Gasteiger partial charge in [0.2, 0.25) is 5.91 Å². The molecule has 1 aliphatic heterocycles. The number of benzene rings is 1. The number of carbonyl (C=O) groups excluding carboxylic acids is 1. The summed E-state index contributed by atoms with van der Waals surface area (Å²) in [5.41, 5.74) is 8.71. The summed E-state index contributed by atoms with van der Waals surface area (Å²) in [6.07, 6.45) is 1.46. The lowest BCUT2D eigenvalue weighted by molar-refractivity contribution is -0.118. The largest absolute Gasteiger partial charge is 0.399 e. The van der Waals surface area contributed by atoms with Crippen molar-refractivity contribution in [1.29, 1.82) is 0 Å². The van der Waals surface area contributed by atoms with E-state index in [9.17, 15) is 4.79 Å². The lowest BCUT2D eigenvalue weighted by Gasteiger charge is -2.21. The van der Waals surface area contributed by atoms with E-state index in [1.807, 2.05) is 30.0 Å². The SMILES string of the molecule is CCC(=O)N1c2ccc(N)cc2CC1C. The van der Waals surface area contributed by atoms with Crippen molar-refractivity contribution in [1.82, 2.24) is 0 Å². The van der Waals surface area contributed by atoms with Gasteiger partial charge in [0.15, 0.2) is 0 Å². The van der Waals surface area contributed by atoms with E-state index in [2.05, 4.69) is 6.92 Å². The Morgan fingerprint density at radius 3 is 3.00 bits per heavy atom. The molecule has 0 fully saturated rings. The minimum atomic E-state index is 0.186. The Kier molecular flexibility index (Phi) is 2.39. The second kappa shape index (κ2) is 3.57. The maximum atomic E-state index is 11.8. The minimum Gasteiger partial charge on any atom is -0.399 e. The van der Waals surface area contributed by atoms with Crippen molar-refractivity contribution < 1.29 is 4.79 Å². The fourth-order valence-electron chi connectivity index (χ4n) is 2.20. The molecule has 1 heterocycles. The average Bonchev–Trinajstić information content (AvgIpc) is 2.52. The maximum absolute atomic E-state index is 11.8. The molecule has 0 saturated carbocycles. The molecular weight excluding hydrogens is 188 g/mol. The molecule has 0 bridgehead atoms. The number of nitrogens with two attached hydrogens (primary N) is 1. The summed E-state index contributed by atoms with van der Waals surface area (Å²) in [5, 5.41) is 0. The van der Waals surface area contributed by atoms with Gasteiger partial charge in [0, 0.05) is 23.8 Å². The third-order valence-corrected chi connectivity index (χ3v) is 2.89. The van der Waals surface area contributed by atoms with Gasteiger partial charge in [0.1, 0.15) is 0 Å². The molecule has 2 rings (SSSR count). The molecule has 1 unspecified atom stereocenters. The second-order valence-electron chi connectivity index (χ2n) is 4.06. The van der Waals surface area contributed by atoms with Crippen LogP contribution in [0.5, 0.6) is 0 Å². The Morgan fingerprint density at radius 1 is 1.60 bits per heavy atom. The molecule has 0 spiro atoms. The van der Waals surface area contributed by atoms with Gasteiger partial charge >= 0.3 is 0 Å². The summed E-state index contributed by atoms with van der Waals surface area (Å²) < 4.78 is 0. The van der Waals surface area contributed by atoms with Crippen LogP contribution in [0.3, 0.4) is 0 Å². The number of amides is 1. The average molecular weight is 204 g/mol. The van der Waals surface area contributed by atoms with Gasteiger partial charge in [-0.2, -0.15) is 0 Å². The van der Waals surface area contributed by atoms with Crippen molar-refractivity contribution in [3.05, 3.63) is 23.8 Å². The first-order valence-electron chi connectivity index (χ1n) is 5.34. The highest BCUT2D eigenvalue weighted by atomic mass is 16.2. The molecule has 1 amide bonds. The highest BCUT2D eigenvalue weighted by Crippen LogP contribution is 2.33. The number of nitrogen functional groups attached to an aromatic ring is 1. The number of hydrogen-bond donors (Lipinski definition) is 1. The predicted molar refractivity (Wildman–Crippen MR) is 61.8 cm³/mol. The van der Waals surface area contributed by atoms with E-state index in [1.165, 1.54) is 5.56 Å². The van der Waals surface area contributed by atoms with Crippen LogP contribution < -0.4 is 10.6 Å². The topological polar surface area (TPSA) is 46.3 Å². The van der Waals surface area contributed by atoms with Gasteiger partial charge < -0.3 is 10.6 Å². The number of hydrogen-bond acceptors (Lipinski definition) is 2. The molecule has 0 saturated heterocycles. The van der Waals surface area contributed by atoms with Gasteiger partial charge in [-0.25, -0.2) is 0 Å². The normalized spacial score (nSPS) is 19.1. The van der Waals surface area contributed by atoms with E-state index >= 15 is 0 Å². The van der Waals surface area contributed by atoms with E-state index in [0.717, 1.165) is 17.8 Å². The van der Waals surface area contributed by atoms with E-state index in [0.29, 0.717) is 6.42 Å². The van der Waals surface area contributed by atoms with E-state index in [-0.39, 0.29) is 11.9 Å². The van der Waals surface area contributed by atoms with Gasteiger partial charge in [-0.3, -0.25) is 4.79 Å². The van der Waals surface area contributed by atoms with Crippen molar-refractivity contribution >= 4 is 17.3 Å². The quantitative estimate of drug-likeness (QED) is 0.711. The first-order valence-corrected chi connectivity index (χ1v) is 5.34. The molecule has 3 nitrogen and oxygen atoms in total. The minimum absolute atomic E-state index is 0.186. The molecule has 1 aromatic rings. The molecule has 1 aromatic carbocycles.